The van der Waals surface area contributed by atoms with Crippen LogP contribution < -0.4 is 10.5 Å². The molecular weight excluding hydrogens is 252 g/mol. The average molecular weight is 274 g/mol. The van der Waals surface area contributed by atoms with Crippen LogP contribution >= 0.6 is 0 Å². The molecule has 0 amide bonds. The van der Waals surface area contributed by atoms with Crippen molar-refractivity contribution in [2.75, 3.05) is 39.0 Å². The van der Waals surface area contributed by atoms with Gasteiger partial charge in [0.05, 0.1) is 0 Å². The van der Waals surface area contributed by atoms with Gasteiger partial charge < -0.3 is 20.3 Å². The zero-order chi connectivity index (χ0) is 14.1. The number of fused-ring (bicyclic) bond motifs is 1. The van der Waals surface area contributed by atoms with Gasteiger partial charge in [-0.25, -0.2) is 4.99 Å². The lowest BCUT2D eigenvalue weighted by Gasteiger charge is -2.38. The molecule has 3 rings (SSSR count). The Hall–Kier alpha value is -1.75. The molecule has 5 nitrogen and oxygen atoms in total. The monoisotopic (exact) mass is 274 g/mol. The van der Waals surface area contributed by atoms with Crippen molar-refractivity contribution in [1.82, 2.24) is 9.80 Å². The van der Waals surface area contributed by atoms with Crippen LogP contribution in [0.25, 0.3) is 0 Å². The minimum atomic E-state index is 0.0349. The Kier molecular flexibility index (Phi) is 3.53. The fourth-order valence-electron chi connectivity index (χ4n) is 2.69. The lowest BCUT2D eigenvalue weighted by Crippen LogP contribution is -2.51. The first kappa shape index (κ1) is 13.2. The molecule has 2 aliphatic heterocycles. The first-order chi connectivity index (χ1) is 9.67. The van der Waals surface area contributed by atoms with E-state index in [4.69, 9.17) is 15.5 Å². The van der Waals surface area contributed by atoms with Crippen molar-refractivity contribution in [3.8, 4) is 5.75 Å². The number of nitrogen functional groups attached to an aromatic ring is 1. The van der Waals surface area contributed by atoms with Crippen molar-refractivity contribution in [1.29, 1.82) is 0 Å². The molecule has 1 saturated heterocycles. The van der Waals surface area contributed by atoms with Crippen molar-refractivity contribution < 1.29 is 4.74 Å². The van der Waals surface area contributed by atoms with E-state index >= 15 is 0 Å². The van der Waals surface area contributed by atoms with E-state index in [2.05, 4.69) is 23.8 Å². The van der Waals surface area contributed by atoms with Crippen LogP contribution in [-0.4, -0.2) is 55.0 Å². The third kappa shape index (κ3) is 2.45. The van der Waals surface area contributed by atoms with Gasteiger partial charge in [-0.15, -0.1) is 0 Å². The number of hydrogen-bond acceptors (Lipinski definition) is 5. The van der Waals surface area contributed by atoms with E-state index < -0.39 is 0 Å². The van der Waals surface area contributed by atoms with Crippen LogP contribution in [0, 0.1) is 0 Å². The number of likely N-dealkylation sites (N-methyl/N-ethyl adjacent to an activating group) is 1. The van der Waals surface area contributed by atoms with Crippen LogP contribution in [0.2, 0.25) is 0 Å². The second kappa shape index (κ2) is 5.32. The molecule has 0 aromatic heterocycles. The average Bonchev–Trinajstić information content (AvgIpc) is 2.46. The van der Waals surface area contributed by atoms with Crippen LogP contribution in [0.15, 0.2) is 23.2 Å². The highest BCUT2D eigenvalue weighted by molar-refractivity contribution is 5.92. The fourth-order valence-corrected chi connectivity index (χ4v) is 2.69. The van der Waals surface area contributed by atoms with Crippen LogP contribution in [0.4, 0.5) is 11.4 Å². The van der Waals surface area contributed by atoms with Gasteiger partial charge in [-0.05, 0) is 25.6 Å². The number of rotatable bonds is 1. The summed E-state index contributed by atoms with van der Waals surface area (Å²) < 4.78 is 6.09. The Morgan fingerprint density at radius 2 is 2.05 bits per heavy atom. The minimum absolute atomic E-state index is 0.0349. The molecular formula is C15H22N4O. The molecule has 1 aromatic rings. The molecule has 0 bridgehead atoms. The standard InChI is InChI=1S/C15H22N4O/c1-3-13-15(19-8-6-18(2)7-9-19)17-12-5-4-11(16)10-14(12)20-13/h4-5,10,13H,3,6-9,16H2,1-2H3. The number of ether oxygens (including phenoxy) is 1. The molecule has 0 saturated carbocycles. The summed E-state index contributed by atoms with van der Waals surface area (Å²) in [5.41, 5.74) is 7.42. The Balaban J connectivity index is 1.89. The molecule has 1 aromatic carbocycles. The summed E-state index contributed by atoms with van der Waals surface area (Å²) in [6.07, 6.45) is 0.951. The van der Waals surface area contributed by atoms with E-state index in [1.807, 2.05) is 18.2 Å². The van der Waals surface area contributed by atoms with Crippen LogP contribution in [0.5, 0.6) is 5.75 Å². The molecule has 1 fully saturated rings. The number of nitrogens with zero attached hydrogens (tertiary/aromatic N) is 3. The highest BCUT2D eigenvalue weighted by atomic mass is 16.5. The zero-order valence-electron chi connectivity index (χ0n) is 12.2. The van der Waals surface area contributed by atoms with Gasteiger partial charge in [-0.3, -0.25) is 0 Å². The third-order valence-corrected chi connectivity index (χ3v) is 3.97. The molecule has 108 valence electrons. The molecule has 1 atom stereocenters. The normalized spacial score (nSPS) is 23.0. The van der Waals surface area contributed by atoms with E-state index in [0.717, 1.165) is 55.6 Å². The number of hydrogen-bond donors (Lipinski definition) is 1. The summed E-state index contributed by atoms with van der Waals surface area (Å²) in [6, 6.07) is 5.68. The highest BCUT2D eigenvalue weighted by Crippen LogP contribution is 2.35. The van der Waals surface area contributed by atoms with Gasteiger partial charge in [-0.1, -0.05) is 6.92 Å². The van der Waals surface area contributed by atoms with Crippen molar-refractivity contribution in [2.45, 2.75) is 19.4 Å². The van der Waals surface area contributed by atoms with E-state index in [1.54, 1.807) is 0 Å². The Morgan fingerprint density at radius 1 is 1.30 bits per heavy atom. The molecule has 2 heterocycles. The predicted octanol–water partition coefficient (Wildman–Crippen LogP) is 1.72. The van der Waals surface area contributed by atoms with Gasteiger partial charge in [0.15, 0.2) is 6.10 Å². The Labute approximate surface area is 120 Å². The van der Waals surface area contributed by atoms with Gasteiger partial charge in [0.1, 0.15) is 17.3 Å². The number of benzene rings is 1. The van der Waals surface area contributed by atoms with Gasteiger partial charge in [0.2, 0.25) is 0 Å². The predicted molar refractivity (Wildman–Crippen MR) is 81.7 cm³/mol. The third-order valence-electron chi connectivity index (χ3n) is 3.97. The number of aliphatic imine (C=N–C) groups is 1. The smallest absolute Gasteiger partial charge is 0.156 e. The molecule has 1 unspecified atom stereocenters. The van der Waals surface area contributed by atoms with Gasteiger partial charge >= 0.3 is 0 Å². The second-order valence-corrected chi connectivity index (χ2v) is 5.50. The number of amidine groups is 1. The number of anilines is 1. The first-order valence-corrected chi connectivity index (χ1v) is 7.25. The lowest BCUT2D eigenvalue weighted by molar-refractivity contribution is 0.184. The summed E-state index contributed by atoms with van der Waals surface area (Å²) in [4.78, 5) is 9.53. The van der Waals surface area contributed by atoms with Crippen LogP contribution in [0.1, 0.15) is 13.3 Å². The van der Waals surface area contributed by atoms with Crippen LogP contribution in [0.3, 0.4) is 0 Å². The number of piperazine rings is 1. The number of nitrogens with two attached hydrogens (primary N) is 1. The molecule has 0 aliphatic carbocycles. The highest BCUT2D eigenvalue weighted by Gasteiger charge is 2.29. The quantitative estimate of drug-likeness (QED) is 0.792. The van der Waals surface area contributed by atoms with Crippen molar-refractivity contribution in [3.63, 3.8) is 0 Å². The first-order valence-electron chi connectivity index (χ1n) is 7.25. The summed E-state index contributed by atoms with van der Waals surface area (Å²) in [6.45, 7) is 6.31. The Morgan fingerprint density at radius 3 is 2.75 bits per heavy atom. The van der Waals surface area contributed by atoms with E-state index in [9.17, 15) is 0 Å². The van der Waals surface area contributed by atoms with Crippen molar-refractivity contribution in [2.24, 2.45) is 4.99 Å². The lowest BCUT2D eigenvalue weighted by atomic mass is 10.1. The topological polar surface area (TPSA) is 54.1 Å². The van der Waals surface area contributed by atoms with Gasteiger partial charge in [-0.2, -0.15) is 0 Å². The maximum atomic E-state index is 6.09. The molecule has 0 radical (unpaired) electrons. The maximum absolute atomic E-state index is 6.09. The summed E-state index contributed by atoms with van der Waals surface area (Å²) >= 11 is 0. The molecule has 0 spiro atoms. The van der Waals surface area contributed by atoms with Crippen LogP contribution in [-0.2, 0) is 0 Å². The SMILES string of the molecule is CCC1Oc2cc(N)ccc2N=C1N1CCN(C)CC1. The van der Waals surface area contributed by atoms with E-state index in [0.29, 0.717) is 0 Å². The molecule has 2 aliphatic rings. The van der Waals surface area contributed by atoms with E-state index in [1.165, 1.54) is 0 Å². The summed E-state index contributed by atoms with van der Waals surface area (Å²) in [5, 5.41) is 0. The molecule has 2 N–H and O–H groups in total. The molecule has 20 heavy (non-hydrogen) atoms. The fraction of sp³-hybridized carbons (Fsp3) is 0.533. The van der Waals surface area contributed by atoms with E-state index in [-0.39, 0.29) is 6.10 Å². The summed E-state index contributed by atoms with van der Waals surface area (Å²) in [7, 11) is 2.16. The Bertz CT molecular complexity index is 521. The molecule has 5 heteroatoms. The largest absolute Gasteiger partial charge is 0.480 e. The zero-order valence-corrected chi connectivity index (χ0v) is 12.2. The van der Waals surface area contributed by atoms with Gasteiger partial charge in [0.25, 0.3) is 0 Å². The van der Waals surface area contributed by atoms with Crippen molar-refractivity contribution >= 4 is 17.2 Å². The van der Waals surface area contributed by atoms with Gasteiger partial charge in [0, 0.05) is 37.9 Å². The maximum Gasteiger partial charge on any atom is 0.156 e. The minimum Gasteiger partial charge on any atom is -0.480 e. The van der Waals surface area contributed by atoms with Crippen molar-refractivity contribution in [3.05, 3.63) is 18.2 Å². The second-order valence-electron chi connectivity index (χ2n) is 5.50. The summed E-state index contributed by atoms with van der Waals surface area (Å²) in [5.74, 6) is 1.87.